The zero-order valence-corrected chi connectivity index (χ0v) is 8.32. The average molecular weight is 185 g/mol. The van der Waals surface area contributed by atoms with Gasteiger partial charge < -0.3 is 5.32 Å². The Morgan fingerprint density at radius 1 is 1.08 bits per heavy atom. The highest BCUT2D eigenvalue weighted by Gasteiger charge is 2.38. The molecule has 2 fully saturated rings. The molecule has 0 bridgehead atoms. The van der Waals surface area contributed by atoms with Crippen LogP contribution in [0.25, 0.3) is 0 Å². The second-order valence-corrected chi connectivity index (χ2v) is 4.82. The van der Waals surface area contributed by atoms with Crippen LogP contribution in [0.4, 0.5) is 4.39 Å². The number of nitrogens with one attached hydrogen (secondary N) is 1. The van der Waals surface area contributed by atoms with E-state index in [2.05, 4.69) is 5.32 Å². The Bertz CT molecular complexity index is 157. The van der Waals surface area contributed by atoms with E-state index in [0.717, 1.165) is 6.42 Å². The Kier molecular flexibility index (Phi) is 2.87. The van der Waals surface area contributed by atoms with Crippen LogP contribution in [0.15, 0.2) is 0 Å². The van der Waals surface area contributed by atoms with Crippen molar-refractivity contribution in [3.63, 3.8) is 0 Å². The van der Waals surface area contributed by atoms with Crippen LogP contribution in [0.3, 0.4) is 0 Å². The van der Waals surface area contributed by atoms with Crippen LogP contribution in [0.1, 0.15) is 44.9 Å². The molecule has 1 saturated carbocycles. The lowest BCUT2D eigenvalue weighted by Gasteiger charge is -2.37. The SMILES string of the molecule is FC1(CC2CCCCCC2)CNC1. The van der Waals surface area contributed by atoms with Gasteiger partial charge in [0.2, 0.25) is 0 Å². The van der Waals surface area contributed by atoms with Crippen LogP contribution in [0.2, 0.25) is 0 Å². The summed E-state index contributed by atoms with van der Waals surface area (Å²) in [6.07, 6.45) is 8.75. The van der Waals surface area contributed by atoms with Crippen LogP contribution in [0.5, 0.6) is 0 Å². The third kappa shape index (κ3) is 2.43. The molecular formula is C11H20FN. The van der Waals surface area contributed by atoms with Gasteiger partial charge in [-0.15, -0.1) is 0 Å². The zero-order chi connectivity index (χ0) is 9.15. The fourth-order valence-corrected chi connectivity index (χ4v) is 2.63. The molecule has 0 amide bonds. The fraction of sp³-hybridized carbons (Fsp3) is 1.00. The average Bonchev–Trinajstić information content (AvgIpc) is 2.30. The van der Waals surface area contributed by atoms with E-state index in [0.29, 0.717) is 19.0 Å². The van der Waals surface area contributed by atoms with E-state index >= 15 is 0 Å². The second kappa shape index (κ2) is 3.95. The third-order valence-corrected chi connectivity index (χ3v) is 3.51. The number of halogens is 1. The van der Waals surface area contributed by atoms with E-state index in [9.17, 15) is 4.39 Å². The van der Waals surface area contributed by atoms with Gasteiger partial charge in [-0.3, -0.25) is 0 Å². The predicted octanol–water partition coefficient (Wildman–Crippen LogP) is 2.66. The maximum absolute atomic E-state index is 13.8. The van der Waals surface area contributed by atoms with Crippen molar-refractivity contribution in [1.29, 1.82) is 0 Å². The lowest BCUT2D eigenvalue weighted by molar-refractivity contribution is 0.0576. The largest absolute Gasteiger partial charge is 0.310 e. The lowest BCUT2D eigenvalue weighted by atomic mass is 9.84. The molecule has 1 saturated heterocycles. The molecular weight excluding hydrogens is 165 g/mol. The summed E-state index contributed by atoms with van der Waals surface area (Å²) in [6.45, 7) is 1.20. The van der Waals surface area contributed by atoms with Crippen LogP contribution in [-0.4, -0.2) is 18.8 Å². The highest BCUT2D eigenvalue weighted by Crippen LogP contribution is 2.33. The van der Waals surface area contributed by atoms with Crippen molar-refractivity contribution in [3.05, 3.63) is 0 Å². The summed E-state index contributed by atoms with van der Waals surface area (Å²) < 4.78 is 13.8. The van der Waals surface area contributed by atoms with E-state index < -0.39 is 5.67 Å². The van der Waals surface area contributed by atoms with Crippen molar-refractivity contribution < 1.29 is 4.39 Å². The van der Waals surface area contributed by atoms with E-state index in [1.54, 1.807) is 0 Å². The summed E-state index contributed by atoms with van der Waals surface area (Å²) >= 11 is 0. The number of rotatable bonds is 2. The minimum Gasteiger partial charge on any atom is -0.310 e. The number of alkyl halides is 1. The first-order chi connectivity index (χ1) is 6.29. The topological polar surface area (TPSA) is 12.0 Å². The maximum atomic E-state index is 13.8. The van der Waals surface area contributed by atoms with E-state index in [4.69, 9.17) is 0 Å². The van der Waals surface area contributed by atoms with Crippen molar-refractivity contribution in [2.75, 3.05) is 13.1 Å². The molecule has 1 heterocycles. The molecule has 0 spiro atoms. The molecule has 2 heteroatoms. The molecule has 1 aliphatic carbocycles. The summed E-state index contributed by atoms with van der Waals surface area (Å²) in [4.78, 5) is 0. The van der Waals surface area contributed by atoms with E-state index in [-0.39, 0.29) is 0 Å². The van der Waals surface area contributed by atoms with Crippen LogP contribution >= 0.6 is 0 Å². The van der Waals surface area contributed by atoms with Gasteiger partial charge in [0.25, 0.3) is 0 Å². The normalized spacial score (nSPS) is 29.3. The Morgan fingerprint density at radius 3 is 2.15 bits per heavy atom. The van der Waals surface area contributed by atoms with Gasteiger partial charge in [-0.1, -0.05) is 38.5 Å². The number of hydrogen-bond donors (Lipinski definition) is 1. The summed E-state index contributed by atoms with van der Waals surface area (Å²) in [5.74, 6) is 0.676. The molecule has 2 rings (SSSR count). The Labute approximate surface area is 80.1 Å². The van der Waals surface area contributed by atoms with E-state index in [1.165, 1.54) is 38.5 Å². The van der Waals surface area contributed by atoms with Crippen molar-refractivity contribution >= 4 is 0 Å². The van der Waals surface area contributed by atoms with Gasteiger partial charge in [0.15, 0.2) is 0 Å². The Balaban J connectivity index is 1.78. The molecule has 1 nitrogen and oxygen atoms in total. The van der Waals surface area contributed by atoms with Crippen LogP contribution in [0, 0.1) is 5.92 Å². The van der Waals surface area contributed by atoms with Gasteiger partial charge >= 0.3 is 0 Å². The molecule has 2 aliphatic rings. The molecule has 0 radical (unpaired) electrons. The molecule has 0 unspecified atom stereocenters. The molecule has 0 aromatic heterocycles. The van der Waals surface area contributed by atoms with E-state index in [1.807, 2.05) is 0 Å². The Hall–Kier alpha value is -0.110. The lowest BCUT2D eigenvalue weighted by Crippen LogP contribution is -2.57. The minimum absolute atomic E-state index is 0.601. The quantitative estimate of drug-likeness (QED) is 0.652. The zero-order valence-electron chi connectivity index (χ0n) is 8.32. The maximum Gasteiger partial charge on any atom is 0.136 e. The van der Waals surface area contributed by atoms with Gasteiger partial charge in [-0.05, 0) is 12.3 Å². The molecule has 0 aromatic carbocycles. The molecule has 0 aromatic rings. The summed E-state index contributed by atoms with van der Waals surface area (Å²) in [5, 5.41) is 3.03. The smallest absolute Gasteiger partial charge is 0.136 e. The predicted molar refractivity (Wildman–Crippen MR) is 52.5 cm³/mol. The number of hydrogen-bond acceptors (Lipinski definition) is 1. The Morgan fingerprint density at radius 2 is 1.69 bits per heavy atom. The standard InChI is InChI=1S/C11H20FN/c12-11(8-13-9-11)7-10-5-3-1-2-4-6-10/h10,13H,1-9H2. The van der Waals surface area contributed by atoms with Gasteiger partial charge in [-0.2, -0.15) is 0 Å². The van der Waals surface area contributed by atoms with Crippen molar-refractivity contribution in [2.24, 2.45) is 5.92 Å². The summed E-state index contributed by atoms with van der Waals surface area (Å²) in [7, 11) is 0. The second-order valence-electron chi connectivity index (χ2n) is 4.82. The summed E-state index contributed by atoms with van der Waals surface area (Å²) in [5.41, 5.74) is -0.838. The highest BCUT2D eigenvalue weighted by atomic mass is 19.1. The molecule has 76 valence electrons. The van der Waals surface area contributed by atoms with Gasteiger partial charge in [0.1, 0.15) is 5.67 Å². The van der Waals surface area contributed by atoms with Crippen molar-refractivity contribution in [3.8, 4) is 0 Å². The van der Waals surface area contributed by atoms with Crippen LogP contribution in [-0.2, 0) is 0 Å². The van der Waals surface area contributed by atoms with Crippen LogP contribution < -0.4 is 5.32 Å². The fourth-order valence-electron chi connectivity index (χ4n) is 2.63. The van der Waals surface area contributed by atoms with Gasteiger partial charge in [-0.25, -0.2) is 4.39 Å². The molecule has 0 atom stereocenters. The first kappa shape index (κ1) is 9.45. The summed E-state index contributed by atoms with van der Waals surface area (Å²) in [6, 6.07) is 0. The van der Waals surface area contributed by atoms with Crippen molar-refractivity contribution in [2.45, 2.75) is 50.6 Å². The minimum atomic E-state index is -0.838. The first-order valence-corrected chi connectivity index (χ1v) is 5.68. The first-order valence-electron chi connectivity index (χ1n) is 5.68. The third-order valence-electron chi connectivity index (χ3n) is 3.51. The monoisotopic (exact) mass is 185 g/mol. The molecule has 13 heavy (non-hydrogen) atoms. The molecule has 1 N–H and O–H groups in total. The highest BCUT2D eigenvalue weighted by molar-refractivity contribution is 4.94. The van der Waals surface area contributed by atoms with Crippen molar-refractivity contribution in [1.82, 2.24) is 5.32 Å². The van der Waals surface area contributed by atoms with Gasteiger partial charge in [0, 0.05) is 13.1 Å². The van der Waals surface area contributed by atoms with Gasteiger partial charge in [0.05, 0.1) is 0 Å². The molecule has 1 aliphatic heterocycles.